The lowest BCUT2D eigenvalue weighted by Crippen LogP contribution is -2.23. The van der Waals surface area contributed by atoms with Crippen molar-refractivity contribution in [2.75, 3.05) is 13.2 Å². The van der Waals surface area contributed by atoms with Crippen molar-refractivity contribution in [1.29, 1.82) is 0 Å². The summed E-state index contributed by atoms with van der Waals surface area (Å²) in [6, 6.07) is 1.69. The molecule has 0 aromatic heterocycles. The fraction of sp³-hybridized carbons (Fsp3) is 0.765. The lowest BCUT2D eigenvalue weighted by Gasteiger charge is -2.18. The van der Waals surface area contributed by atoms with Gasteiger partial charge in [-0.3, -0.25) is 19.2 Å². The van der Waals surface area contributed by atoms with E-state index in [0.29, 0.717) is 12.8 Å². The third kappa shape index (κ3) is 17.5. The van der Waals surface area contributed by atoms with Gasteiger partial charge in [0.1, 0.15) is 12.2 Å². The highest BCUT2D eigenvalue weighted by Gasteiger charge is 2.15. The molecule has 0 N–H and O–H groups in total. The second kappa shape index (κ2) is 15.4. The van der Waals surface area contributed by atoms with Gasteiger partial charge in [0.25, 0.3) is 0 Å². The highest BCUT2D eigenvalue weighted by atomic mass is 28.3. The number of rotatable bonds is 14. The molecule has 0 fully saturated rings. The summed E-state index contributed by atoms with van der Waals surface area (Å²) in [5.74, 6) is -1.33. The predicted molar refractivity (Wildman–Crippen MR) is 105 cm³/mol. The Kier molecular flexibility index (Phi) is 14.4. The van der Waals surface area contributed by atoms with Crippen molar-refractivity contribution >= 4 is 42.9 Å². The molecule has 0 radical (unpaired) electrons. The van der Waals surface area contributed by atoms with Crippen molar-refractivity contribution < 1.29 is 38.1 Å². The monoisotopic (exact) mass is 420 g/mol. The lowest BCUT2D eigenvalue weighted by atomic mass is 10.3. The SMILES string of the molecule is CC(=O)OCCC(C[SiH2]C[SiH2]CC(CCOC(C)=O)OC(C)=O)OC(C)=O. The normalized spacial score (nSPS) is 13.5. The standard InChI is InChI=1S/C17H32O8Si2/c1-12(18)22-7-5-16(24-14(3)20)9-26-11-27-10-17(25-15(4)21)6-8-23-13(2)19/h16-17H,5-11,26-27H2,1-4H3. The molecule has 0 aromatic carbocycles. The van der Waals surface area contributed by atoms with E-state index in [9.17, 15) is 19.2 Å². The van der Waals surface area contributed by atoms with Gasteiger partial charge in [-0.05, 0) is 12.1 Å². The molecule has 0 aliphatic rings. The second-order valence-electron chi connectivity index (χ2n) is 6.36. The number of carbonyl (C=O) groups excluding carboxylic acids is 4. The molecular formula is C17H32O8Si2. The van der Waals surface area contributed by atoms with Crippen LogP contribution in [0.1, 0.15) is 40.5 Å². The van der Waals surface area contributed by atoms with Crippen molar-refractivity contribution in [2.45, 2.75) is 70.5 Å². The van der Waals surface area contributed by atoms with Crippen LogP contribution in [0.25, 0.3) is 0 Å². The minimum atomic E-state index is -0.410. The summed E-state index contributed by atoms with van der Waals surface area (Å²) in [7, 11) is -0.821. The first kappa shape index (κ1) is 25.3. The summed E-state index contributed by atoms with van der Waals surface area (Å²) >= 11 is 0. The van der Waals surface area contributed by atoms with Crippen LogP contribution in [-0.2, 0) is 38.1 Å². The predicted octanol–water partition coefficient (Wildman–Crippen LogP) is 0.306. The van der Waals surface area contributed by atoms with Gasteiger partial charge >= 0.3 is 23.9 Å². The first-order chi connectivity index (χ1) is 12.7. The second-order valence-corrected chi connectivity index (χ2v) is 11.8. The summed E-state index contributed by atoms with van der Waals surface area (Å²) in [6.45, 7) is 5.96. The maximum atomic E-state index is 11.2. The molecule has 0 aliphatic carbocycles. The van der Waals surface area contributed by atoms with Crippen molar-refractivity contribution in [2.24, 2.45) is 0 Å². The number of ether oxygens (including phenoxy) is 4. The zero-order valence-electron chi connectivity index (χ0n) is 16.8. The van der Waals surface area contributed by atoms with Gasteiger partial charge in [-0.1, -0.05) is 5.67 Å². The van der Waals surface area contributed by atoms with Gasteiger partial charge in [-0.2, -0.15) is 0 Å². The molecule has 0 rings (SSSR count). The van der Waals surface area contributed by atoms with E-state index < -0.39 is 19.0 Å². The highest BCUT2D eigenvalue weighted by molar-refractivity contribution is 6.56. The van der Waals surface area contributed by atoms with Crippen LogP contribution in [0.15, 0.2) is 0 Å². The first-order valence-corrected chi connectivity index (χ1v) is 13.3. The molecule has 2 unspecified atom stereocenters. The Labute approximate surface area is 165 Å². The Balaban J connectivity index is 4.13. The van der Waals surface area contributed by atoms with E-state index >= 15 is 0 Å². The molecule has 0 amide bonds. The maximum absolute atomic E-state index is 11.2. The molecule has 156 valence electrons. The van der Waals surface area contributed by atoms with Gasteiger partial charge in [-0.15, -0.1) is 0 Å². The molecule has 10 heteroatoms. The smallest absolute Gasteiger partial charge is 0.302 e. The molecule has 0 heterocycles. The third-order valence-electron chi connectivity index (χ3n) is 3.71. The summed E-state index contributed by atoms with van der Waals surface area (Å²) in [5.41, 5.74) is 1.15. The van der Waals surface area contributed by atoms with Gasteiger partial charge in [0.05, 0.1) is 13.2 Å². The van der Waals surface area contributed by atoms with E-state index in [0.717, 1.165) is 17.8 Å². The Morgan fingerprint density at radius 1 is 0.667 bits per heavy atom. The van der Waals surface area contributed by atoms with Crippen molar-refractivity contribution in [3.05, 3.63) is 0 Å². The maximum Gasteiger partial charge on any atom is 0.302 e. The molecule has 0 saturated carbocycles. The van der Waals surface area contributed by atoms with Crippen LogP contribution < -0.4 is 0 Å². The molecule has 0 aliphatic heterocycles. The molecular weight excluding hydrogens is 388 g/mol. The average molecular weight is 421 g/mol. The van der Waals surface area contributed by atoms with Crippen LogP contribution >= 0.6 is 0 Å². The summed E-state index contributed by atoms with van der Waals surface area (Å²) in [4.78, 5) is 44.0. The zero-order valence-corrected chi connectivity index (χ0v) is 19.6. The quantitative estimate of drug-likeness (QED) is 0.171. The topological polar surface area (TPSA) is 105 Å². The Bertz CT molecular complexity index is 442. The van der Waals surface area contributed by atoms with Crippen LogP contribution in [0.3, 0.4) is 0 Å². The van der Waals surface area contributed by atoms with Gasteiger partial charge in [-0.25, -0.2) is 0 Å². The molecule has 2 atom stereocenters. The van der Waals surface area contributed by atoms with Gasteiger partial charge in [0, 0.05) is 59.6 Å². The molecule has 0 spiro atoms. The van der Waals surface area contributed by atoms with Crippen molar-refractivity contribution in [1.82, 2.24) is 0 Å². The fourth-order valence-corrected chi connectivity index (χ4v) is 8.03. The van der Waals surface area contributed by atoms with Crippen LogP contribution in [0.2, 0.25) is 17.8 Å². The first-order valence-electron chi connectivity index (χ1n) is 9.31. The Hall–Kier alpha value is -1.69. The Morgan fingerprint density at radius 2 is 1.04 bits per heavy atom. The van der Waals surface area contributed by atoms with E-state index in [1.54, 1.807) is 0 Å². The molecule has 0 saturated heterocycles. The average Bonchev–Trinajstić information content (AvgIpc) is 2.52. The Morgan fingerprint density at radius 3 is 1.33 bits per heavy atom. The molecule has 0 bridgehead atoms. The van der Waals surface area contributed by atoms with E-state index in [-0.39, 0.29) is 49.3 Å². The fourth-order valence-electron chi connectivity index (χ4n) is 2.58. The van der Waals surface area contributed by atoms with Crippen LogP contribution in [0.4, 0.5) is 0 Å². The van der Waals surface area contributed by atoms with Crippen molar-refractivity contribution in [3.8, 4) is 0 Å². The lowest BCUT2D eigenvalue weighted by molar-refractivity contribution is -0.149. The summed E-state index contributed by atoms with van der Waals surface area (Å²) in [6.07, 6.45) is 0.643. The minimum absolute atomic E-state index is 0.198. The van der Waals surface area contributed by atoms with Gasteiger partial charge in [0.15, 0.2) is 0 Å². The zero-order chi connectivity index (χ0) is 20.7. The number of hydrogen-bond donors (Lipinski definition) is 0. The van der Waals surface area contributed by atoms with E-state index in [4.69, 9.17) is 18.9 Å². The molecule has 0 aromatic rings. The third-order valence-corrected chi connectivity index (χ3v) is 9.81. The number of hydrogen-bond acceptors (Lipinski definition) is 8. The van der Waals surface area contributed by atoms with Crippen LogP contribution in [0.5, 0.6) is 0 Å². The molecule has 8 nitrogen and oxygen atoms in total. The van der Waals surface area contributed by atoms with Crippen LogP contribution in [0, 0.1) is 0 Å². The molecule has 27 heavy (non-hydrogen) atoms. The number of esters is 4. The number of carbonyl (C=O) groups is 4. The van der Waals surface area contributed by atoms with E-state index in [1.807, 2.05) is 0 Å². The largest absolute Gasteiger partial charge is 0.466 e. The summed E-state index contributed by atoms with van der Waals surface area (Å²) in [5, 5.41) is 0. The van der Waals surface area contributed by atoms with E-state index in [2.05, 4.69) is 0 Å². The summed E-state index contributed by atoms with van der Waals surface area (Å²) < 4.78 is 20.4. The van der Waals surface area contributed by atoms with Crippen LogP contribution in [-0.4, -0.2) is 68.3 Å². The highest BCUT2D eigenvalue weighted by Crippen LogP contribution is 2.10. The van der Waals surface area contributed by atoms with Gasteiger partial charge < -0.3 is 18.9 Å². The van der Waals surface area contributed by atoms with E-state index in [1.165, 1.54) is 27.7 Å². The van der Waals surface area contributed by atoms with Crippen molar-refractivity contribution in [3.63, 3.8) is 0 Å². The minimum Gasteiger partial charge on any atom is -0.466 e. The van der Waals surface area contributed by atoms with Gasteiger partial charge in [0.2, 0.25) is 0 Å².